The summed E-state index contributed by atoms with van der Waals surface area (Å²) >= 11 is 0. The van der Waals surface area contributed by atoms with Gasteiger partial charge >= 0.3 is 11.9 Å². The molecule has 0 aliphatic heterocycles. The predicted molar refractivity (Wildman–Crippen MR) is 62.0 cm³/mol. The third-order valence-corrected chi connectivity index (χ3v) is 1.31. The highest BCUT2D eigenvalue weighted by atomic mass is 16.5. The fraction of sp³-hybridized carbons (Fsp3) is 0.417. The first-order valence-electron chi connectivity index (χ1n) is 5.34. The van der Waals surface area contributed by atoms with Crippen molar-refractivity contribution in [2.45, 2.75) is 26.7 Å². The lowest BCUT2D eigenvalue weighted by atomic mass is 10.3. The summed E-state index contributed by atoms with van der Waals surface area (Å²) in [6.45, 7) is 7.02. The number of hydrogen-bond acceptors (Lipinski definition) is 6. The zero-order chi connectivity index (χ0) is 14.4. The van der Waals surface area contributed by atoms with Crippen molar-refractivity contribution in [2.24, 2.45) is 0 Å². The molecule has 0 atom stereocenters. The van der Waals surface area contributed by atoms with Crippen molar-refractivity contribution in [3.8, 4) is 0 Å². The molecule has 0 aromatic carbocycles. The first-order valence-corrected chi connectivity index (χ1v) is 5.34. The van der Waals surface area contributed by atoms with E-state index < -0.39 is 11.9 Å². The molecule has 18 heavy (non-hydrogen) atoms. The molecule has 0 heterocycles. The van der Waals surface area contributed by atoms with Gasteiger partial charge in [0.25, 0.3) is 0 Å². The van der Waals surface area contributed by atoms with E-state index in [2.05, 4.69) is 16.1 Å². The fourth-order valence-electron chi connectivity index (χ4n) is 0.682. The van der Waals surface area contributed by atoms with Gasteiger partial charge in [-0.1, -0.05) is 13.5 Å². The van der Waals surface area contributed by atoms with Gasteiger partial charge in [0.1, 0.15) is 0 Å². The average Bonchev–Trinajstić information content (AvgIpc) is 2.28. The van der Waals surface area contributed by atoms with Crippen LogP contribution in [0.2, 0.25) is 0 Å². The van der Waals surface area contributed by atoms with Gasteiger partial charge in [-0.05, 0) is 19.4 Å². The largest absolute Gasteiger partial charge is 0.545 e. The number of aliphatic carboxylic acids is 1. The summed E-state index contributed by atoms with van der Waals surface area (Å²) in [5.74, 6) is -2.29. The van der Waals surface area contributed by atoms with Crippen LogP contribution < -0.4 is 5.11 Å². The summed E-state index contributed by atoms with van der Waals surface area (Å²) in [6.07, 6.45) is 3.88. The molecule has 0 aliphatic carbocycles. The predicted octanol–water partition coefficient (Wildman–Crippen LogP) is 0.329. The zero-order valence-electron chi connectivity index (χ0n) is 10.5. The average molecular weight is 257 g/mol. The quantitative estimate of drug-likeness (QED) is 0.386. The lowest BCUT2D eigenvalue weighted by Gasteiger charge is -1.94. The van der Waals surface area contributed by atoms with Crippen LogP contribution >= 0.6 is 0 Å². The van der Waals surface area contributed by atoms with Gasteiger partial charge in [0.05, 0.1) is 18.8 Å². The monoisotopic (exact) mass is 257 g/mol. The Morgan fingerprint density at radius 3 is 2.22 bits per heavy atom. The Balaban J connectivity index is 0. The van der Waals surface area contributed by atoms with Crippen molar-refractivity contribution < 1.29 is 29.0 Å². The first-order chi connectivity index (χ1) is 8.47. The van der Waals surface area contributed by atoms with E-state index in [-0.39, 0.29) is 12.6 Å². The molecular weight excluding hydrogens is 240 g/mol. The molecule has 0 unspecified atom stereocenters. The van der Waals surface area contributed by atoms with Crippen LogP contribution in [0.15, 0.2) is 25.0 Å². The molecule has 102 valence electrons. The topological polar surface area (TPSA) is 92.7 Å². The number of ether oxygens (including phenoxy) is 2. The summed E-state index contributed by atoms with van der Waals surface area (Å²) in [7, 11) is 0. The van der Waals surface area contributed by atoms with Crippen LogP contribution in [-0.2, 0) is 23.9 Å². The maximum atomic E-state index is 10.3. The maximum absolute atomic E-state index is 10.3. The van der Waals surface area contributed by atoms with Crippen molar-refractivity contribution in [2.75, 3.05) is 6.61 Å². The molecule has 0 saturated carbocycles. The molecule has 0 aliphatic rings. The summed E-state index contributed by atoms with van der Waals surface area (Å²) in [6, 6.07) is 0. The van der Waals surface area contributed by atoms with Crippen LogP contribution in [0.4, 0.5) is 0 Å². The molecule has 0 amide bonds. The van der Waals surface area contributed by atoms with Gasteiger partial charge in [-0.2, -0.15) is 0 Å². The molecule has 0 fully saturated rings. The van der Waals surface area contributed by atoms with Crippen LogP contribution in [0.25, 0.3) is 0 Å². The van der Waals surface area contributed by atoms with E-state index in [1.165, 1.54) is 0 Å². The fourth-order valence-corrected chi connectivity index (χ4v) is 0.682. The van der Waals surface area contributed by atoms with E-state index in [9.17, 15) is 19.5 Å². The van der Waals surface area contributed by atoms with Crippen molar-refractivity contribution in [3.63, 3.8) is 0 Å². The molecule has 0 aromatic rings. The number of carboxylic acid groups (broad SMARTS) is 1. The van der Waals surface area contributed by atoms with Crippen LogP contribution in [0.1, 0.15) is 26.7 Å². The van der Waals surface area contributed by atoms with Crippen LogP contribution in [0.5, 0.6) is 0 Å². The van der Waals surface area contributed by atoms with Gasteiger partial charge in [-0.25, -0.2) is 4.79 Å². The highest BCUT2D eigenvalue weighted by Gasteiger charge is 1.94. The van der Waals surface area contributed by atoms with Gasteiger partial charge in [-0.3, -0.25) is 4.79 Å². The molecule has 6 heteroatoms. The van der Waals surface area contributed by atoms with Crippen LogP contribution in [0.3, 0.4) is 0 Å². The number of esters is 2. The smallest absolute Gasteiger partial charge is 0.330 e. The Hall–Kier alpha value is -2.11. The van der Waals surface area contributed by atoms with E-state index in [1.807, 2.05) is 6.92 Å². The molecule has 6 nitrogen and oxygen atoms in total. The minimum Gasteiger partial charge on any atom is -0.545 e. The van der Waals surface area contributed by atoms with Crippen molar-refractivity contribution in [1.29, 1.82) is 0 Å². The second-order valence-electron chi connectivity index (χ2n) is 2.81. The third kappa shape index (κ3) is 16.3. The Bertz CT molecular complexity index is 306. The normalized spacial score (nSPS) is 9.00. The second kappa shape index (κ2) is 13.0. The third-order valence-electron chi connectivity index (χ3n) is 1.31. The Morgan fingerprint density at radius 1 is 1.22 bits per heavy atom. The minimum atomic E-state index is -1.41. The van der Waals surface area contributed by atoms with Gasteiger partial charge in [-0.15, -0.1) is 0 Å². The second-order valence-corrected chi connectivity index (χ2v) is 2.81. The van der Waals surface area contributed by atoms with Crippen molar-refractivity contribution in [3.05, 3.63) is 25.0 Å². The number of rotatable bonds is 6. The zero-order valence-corrected chi connectivity index (χ0v) is 10.5. The minimum absolute atomic E-state index is 0.206. The molecule has 0 bridgehead atoms. The maximum Gasteiger partial charge on any atom is 0.330 e. The number of carbonyl (C=O) groups is 3. The molecule has 0 N–H and O–H groups in total. The van der Waals surface area contributed by atoms with E-state index in [4.69, 9.17) is 0 Å². The lowest BCUT2D eigenvalue weighted by molar-refractivity contribution is -0.297. The Labute approximate surface area is 106 Å². The molecule has 0 aromatic heterocycles. The van der Waals surface area contributed by atoms with Crippen LogP contribution in [0, 0.1) is 0 Å². The number of carbonyl (C=O) groups excluding carboxylic acids is 3. The van der Waals surface area contributed by atoms with Crippen molar-refractivity contribution >= 4 is 17.9 Å². The Kier molecular flexibility index (Phi) is 13.1. The van der Waals surface area contributed by atoms with Gasteiger partial charge in [0, 0.05) is 12.5 Å². The van der Waals surface area contributed by atoms with Crippen molar-refractivity contribution in [1.82, 2.24) is 0 Å². The van der Waals surface area contributed by atoms with Crippen LogP contribution in [-0.4, -0.2) is 24.5 Å². The summed E-state index contributed by atoms with van der Waals surface area (Å²) < 4.78 is 8.78. The highest BCUT2D eigenvalue weighted by molar-refractivity contribution is 5.89. The molecule has 0 rings (SSSR count). The molecule has 0 saturated heterocycles. The Morgan fingerprint density at radius 2 is 1.83 bits per heavy atom. The standard InChI is InChI=1S/C6H8O4.C6H10O2/c1-2-10-6(9)4-3-5(7)8;1-3-5-6(7)8-4-2/h3-4H,2H2,1H3,(H,7,8);4H,2-3,5H2,1H3/p-1/b4-3-;. The SMILES string of the molecule is C=COC(=O)CCC.CCOC(=O)/C=C\C(=O)[O-]. The van der Waals surface area contributed by atoms with E-state index >= 15 is 0 Å². The summed E-state index contributed by atoms with van der Waals surface area (Å²) in [5, 5.41) is 9.70. The lowest BCUT2D eigenvalue weighted by Crippen LogP contribution is -2.19. The van der Waals surface area contributed by atoms with Gasteiger partial charge in [0.2, 0.25) is 0 Å². The highest BCUT2D eigenvalue weighted by Crippen LogP contribution is 1.89. The molecule has 0 radical (unpaired) electrons. The van der Waals surface area contributed by atoms with Gasteiger partial charge < -0.3 is 19.4 Å². The summed E-state index contributed by atoms with van der Waals surface area (Å²) in [5.41, 5.74) is 0. The molecule has 0 spiro atoms. The molecular formula is C12H17O6-. The summed E-state index contributed by atoms with van der Waals surface area (Å²) in [4.78, 5) is 30.4. The van der Waals surface area contributed by atoms with Gasteiger partial charge in [0.15, 0.2) is 0 Å². The number of hydrogen-bond donors (Lipinski definition) is 0. The van der Waals surface area contributed by atoms with E-state index in [0.717, 1.165) is 18.8 Å². The number of carboxylic acids is 1. The van der Waals surface area contributed by atoms with E-state index in [0.29, 0.717) is 12.5 Å². The first kappa shape index (κ1) is 18.3. The van der Waals surface area contributed by atoms with E-state index in [1.54, 1.807) is 6.92 Å².